The van der Waals surface area contributed by atoms with Gasteiger partial charge in [-0.15, -0.1) is 0 Å². The van der Waals surface area contributed by atoms with Gasteiger partial charge in [-0.05, 0) is 18.8 Å². The quantitative estimate of drug-likeness (QED) is 0.117. The van der Waals surface area contributed by atoms with E-state index in [2.05, 4.69) is 27.4 Å². The van der Waals surface area contributed by atoms with E-state index in [4.69, 9.17) is 4.74 Å². The lowest BCUT2D eigenvalue weighted by molar-refractivity contribution is -0.140. The molecule has 2 nitrogen and oxygen atoms in total. The molecule has 0 aliphatic heterocycles. The summed E-state index contributed by atoms with van der Waals surface area (Å²) in [7, 11) is 0. The van der Waals surface area contributed by atoms with Crippen molar-refractivity contribution in [3.05, 3.63) is 12.2 Å². The topological polar surface area (TPSA) is 26.3 Å². The molecule has 0 aromatic rings. The molecule has 2 unspecified atom stereocenters. The van der Waals surface area contributed by atoms with Crippen LogP contribution in [0, 0.1) is 11.8 Å². The van der Waals surface area contributed by atoms with Crippen LogP contribution < -0.4 is 0 Å². The second-order valence-electron chi connectivity index (χ2n) is 9.07. The van der Waals surface area contributed by atoms with Crippen molar-refractivity contribution in [2.24, 2.45) is 11.8 Å². The highest BCUT2D eigenvalue weighted by Gasteiger charge is 2.14. The van der Waals surface area contributed by atoms with Crippen LogP contribution in [0.2, 0.25) is 0 Å². The summed E-state index contributed by atoms with van der Waals surface area (Å²) in [6.07, 6.45) is 22.4. The number of unbranched alkanes of at least 4 members (excludes halogenated alkanes) is 14. The maximum Gasteiger partial charge on any atom is 0.333 e. The number of carbonyl (C=O) groups is 1. The minimum atomic E-state index is -0.258. The van der Waals surface area contributed by atoms with Crippen LogP contribution in [0.25, 0.3) is 0 Å². The number of hydrogen-bond donors (Lipinski definition) is 0. The monoisotopic (exact) mass is 394 g/mol. The van der Waals surface area contributed by atoms with Gasteiger partial charge in [0, 0.05) is 5.57 Å². The average Bonchev–Trinajstić information content (AvgIpc) is 2.68. The number of hydrogen-bond acceptors (Lipinski definition) is 2. The summed E-state index contributed by atoms with van der Waals surface area (Å²) in [5, 5.41) is 0. The molecule has 0 aromatic carbocycles. The Bertz CT molecular complexity index is 375. The molecule has 0 N–H and O–H groups in total. The predicted molar refractivity (Wildman–Crippen MR) is 124 cm³/mol. The number of ether oxygens (including phenoxy) is 1. The molecule has 0 amide bonds. The standard InChI is InChI=1S/C26H50O2/c1-6-7-8-9-10-11-12-13-14-15-16-17-18-19-20-21-24(4)25(5)22-28-26(27)23(2)3/h24-25H,2,6-22H2,1,3-5H3. The molecule has 0 aliphatic carbocycles. The molecular weight excluding hydrogens is 344 g/mol. The average molecular weight is 395 g/mol. The van der Waals surface area contributed by atoms with Crippen LogP contribution in [0.15, 0.2) is 12.2 Å². The predicted octanol–water partition coefficient (Wildman–Crippen LogP) is 8.64. The summed E-state index contributed by atoms with van der Waals surface area (Å²) < 4.78 is 5.28. The van der Waals surface area contributed by atoms with Crippen molar-refractivity contribution in [3.63, 3.8) is 0 Å². The molecule has 28 heavy (non-hydrogen) atoms. The second-order valence-corrected chi connectivity index (χ2v) is 9.07. The number of rotatable bonds is 20. The van der Waals surface area contributed by atoms with Gasteiger partial charge in [-0.2, -0.15) is 0 Å². The zero-order chi connectivity index (χ0) is 21.0. The van der Waals surface area contributed by atoms with Gasteiger partial charge in [0.15, 0.2) is 0 Å². The maximum atomic E-state index is 11.5. The van der Waals surface area contributed by atoms with Gasteiger partial charge >= 0.3 is 5.97 Å². The minimum absolute atomic E-state index is 0.258. The highest BCUT2D eigenvalue weighted by Crippen LogP contribution is 2.20. The van der Waals surface area contributed by atoms with E-state index >= 15 is 0 Å². The van der Waals surface area contributed by atoms with E-state index in [0.29, 0.717) is 24.0 Å². The second kappa shape index (κ2) is 19.5. The van der Waals surface area contributed by atoms with E-state index in [-0.39, 0.29) is 5.97 Å². The Morgan fingerprint density at radius 3 is 1.50 bits per heavy atom. The molecule has 0 saturated heterocycles. The summed E-state index contributed by atoms with van der Waals surface area (Å²) in [4.78, 5) is 11.5. The molecule has 0 radical (unpaired) electrons. The lowest BCUT2D eigenvalue weighted by atomic mass is 9.91. The van der Waals surface area contributed by atoms with E-state index < -0.39 is 0 Å². The zero-order valence-electron chi connectivity index (χ0n) is 19.7. The molecular formula is C26H50O2. The highest BCUT2D eigenvalue weighted by molar-refractivity contribution is 5.86. The maximum absolute atomic E-state index is 11.5. The van der Waals surface area contributed by atoms with Crippen LogP contribution in [-0.4, -0.2) is 12.6 Å². The van der Waals surface area contributed by atoms with Crippen LogP contribution in [0.3, 0.4) is 0 Å². The summed E-state index contributed by atoms with van der Waals surface area (Å²) >= 11 is 0. The molecule has 0 saturated carbocycles. The van der Waals surface area contributed by atoms with E-state index in [1.807, 2.05) is 0 Å². The smallest absolute Gasteiger partial charge is 0.333 e. The minimum Gasteiger partial charge on any atom is -0.462 e. The lowest BCUT2D eigenvalue weighted by Gasteiger charge is -2.19. The third kappa shape index (κ3) is 17.3. The Morgan fingerprint density at radius 2 is 1.11 bits per heavy atom. The van der Waals surface area contributed by atoms with Crippen LogP contribution >= 0.6 is 0 Å². The van der Waals surface area contributed by atoms with E-state index in [1.165, 1.54) is 103 Å². The summed E-state index contributed by atoms with van der Waals surface area (Å²) in [5.41, 5.74) is 0.488. The van der Waals surface area contributed by atoms with Gasteiger partial charge in [-0.3, -0.25) is 0 Å². The van der Waals surface area contributed by atoms with Crippen molar-refractivity contribution >= 4 is 5.97 Å². The van der Waals surface area contributed by atoms with Crippen molar-refractivity contribution in [1.29, 1.82) is 0 Å². The molecule has 166 valence electrons. The van der Waals surface area contributed by atoms with Crippen molar-refractivity contribution < 1.29 is 9.53 Å². The van der Waals surface area contributed by atoms with Crippen molar-refractivity contribution in [2.75, 3.05) is 6.61 Å². The van der Waals surface area contributed by atoms with E-state index in [9.17, 15) is 4.79 Å². The third-order valence-corrected chi connectivity index (χ3v) is 6.06. The largest absolute Gasteiger partial charge is 0.462 e. The van der Waals surface area contributed by atoms with Gasteiger partial charge in [0.05, 0.1) is 6.61 Å². The first-order chi connectivity index (χ1) is 13.5. The van der Waals surface area contributed by atoms with Gasteiger partial charge in [0.2, 0.25) is 0 Å². The fourth-order valence-electron chi connectivity index (χ4n) is 3.62. The van der Waals surface area contributed by atoms with Crippen molar-refractivity contribution in [3.8, 4) is 0 Å². The molecule has 2 atom stereocenters. The van der Waals surface area contributed by atoms with Crippen LogP contribution in [-0.2, 0) is 9.53 Å². The highest BCUT2D eigenvalue weighted by atomic mass is 16.5. The first kappa shape index (κ1) is 27.2. The fourth-order valence-corrected chi connectivity index (χ4v) is 3.62. The summed E-state index contributed by atoms with van der Waals surface area (Å²) in [6, 6.07) is 0. The van der Waals surface area contributed by atoms with Gasteiger partial charge in [-0.25, -0.2) is 4.79 Å². The molecule has 0 spiro atoms. The fraction of sp³-hybridized carbons (Fsp3) is 0.885. The SMILES string of the molecule is C=C(C)C(=O)OCC(C)C(C)CCCCCCCCCCCCCCCCC. The molecule has 2 heteroatoms. The summed E-state index contributed by atoms with van der Waals surface area (Å²) in [5.74, 6) is 0.779. The van der Waals surface area contributed by atoms with Gasteiger partial charge in [0.1, 0.15) is 0 Å². The summed E-state index contributed by atoms with van der Waals surface area (Å²) in [6.45, 7) is 12.6. The van der Waals surface area contributed by atoms with E-state index in [0.717, 1.165) is 0 Å². The molecule has 0 aliphatic rings. The van der Waals surface area contributed by atoms with Crippen LogP contribution in [0.4, 0.5) is 0 Å². The molecule has 0 heterocycles. The molecule has 0 aromatic heterocycles. The van der Waals surface area contributed by atoms with Crippen LogP contribution in [0.1, 0.15) is 130 Å². The normalized spacial score (nSPS) is 13.3. The van der Waals surface area contributed by atoms with Crippen LogP contribution in [0.5, 0.6) is 0 Å². The third-order valence-electron chi connectivity index (χ3n) is 6.06. The van der Waals surface area contributed by atoms with Gasteiger partial charge in [0.25, 0.3) is 0 Å². The lowest BCUT2D eigenvalue weighted by Crippen LogP contribution is -2.18. The Kier molecular flexibility index (Phi) is 19.0. The molecule has 0 bridgehead atoms. The zero-order valence-corrected chi connectivity index (χ0v) is 19.7. The Morgan fingerprint density at radius 1 is 0.714 bits per heavy atom. The first-order valence-electron chi connectivity index (χ1n) is 12.3. The van der Waals surface area contributed by atoms with Crippen molar-refractivity contribution in [2.45, 2.75) is 130 Å². The molecule has 0 rings (SSSR count). The Balaban J connectivity index is 3.34. The molecule has 0 fully saturated rings. The van der Waals surface area contributed by atoms with Crippen molar-refractivity contribution in [1.82, 2.24) is 0 Å². The number of esters is 1. The Labute approximate surface area is 176 Å². The Hall–Kier alpha value is -0.790. The first-order valence-corrected chi connectivity index (χ1v) is 12.3. The number of carbonyl (C=O) groups excluding carboxylic acids is 1. The van der Waals surface area contributed by atoms with E-state index in [1.54, 1.807) is 6.92 Å². The van der Waals surface area contributed by atoms with Gasteiger partial charge in [-0.1, -0.05) is 130 Å². The van der Waals surface area contributed by atoms with Gasteiger partial charge < -0.3 is 4.74 Å².